The molecule has 1 aliphatic heterocycles. The number of benzene rings is 1. The molecular weight excluding hydrogens is 320 g/mol. The Kier molecular flexibility index (Phi) is 5.28. The van der Waals surface area contributed by atoms with Gasteiger partial charge in [0.15, 0.2) is 0 Å². The van der Waals surface area contributed by atoms with E-state index in [-0.39, 0.29) is 25.2 Å². The van der Waals surface area contributed by atoms with Crippen LogP contribution in [0, 0.1) is 0 Å². The number of hydrogen-bond donors (Lipinski definition) is 2. The molecule has 2 N–H and O–H groups in total. The number of carbonyl (C=O) groups excluding carboxylic acids is 1. The van der Waals surface area contributed by atoms with E-state index in [1.54, 1.807) is 29.2 Å². The van der Waals surface area contributed by atoms with Crippen molar-refractivity contribution < 1.29 is 23.1 Å². The summed E-state index contributed by atoms with van der Waals surface area (Å²) in [6.07, 6.45) is 0.631. The van der Waals surface area contributed by atoms with Crippen LogP contribution in [-0.2, 0) is 19.6 Å². The number of anilines is 1. The summed E-state index contributed by atoms with van der Waals surface area (Å²) in [5, 5.41) is 9.70. The molecule has 1 fully saturated rings. The lowest BCUT2D eigenvalue weighted by molar-refractivity contribution is -0.164. The van der Waals surface area contributed by atoms with Crippen molar-refractivity contribution in [3.05, 3.63) is 29.8 Å². The van der Waals surface area contributed by atoms with Gasteiger partial charge in [0.05, 0.1) is 18.9 Å². The van der Waals surface area contributed by atoms with E-state index in [1.165, 1.54) is 0 Å². The molecule has 0 aliphatic carbocycles. The maximum atomic E-state index is 12.0. The molecular formula is C15H22N2O5S. The number of ether oxygens (including phenoxy) is 1. The van der Waals surface area contributed by atoms with Crippen LogP contribution in [0.25, 0.3) is 0 Å². The van der Waals surface area contributed by atoms with E-state index < -0.39 is 22.2 Å². The fourth-order valence-electron chi connectivity index (χ4n) is 2.81. The second kappa shape index (κ2) is 6.86. The molecule has 2 unspecified atom stereocenters. The van der Waals surface area contributed by atoms with Gasteiger partial charge in [-0.05, 0) is 31.5 Å². The predicted octanol–water partition coefficient (Wildman–Crippen LogP) is 0.727. The molecule has 1 aromatic carbocycles. The summed E-state index contributed by atoms with van der Waals surface area (Å²) in [4.78, 5) is 13.6. The van der Waals surface area contributed by atoms with Crippen molar-refractivity contribution in [1.82, 2.24) is 4.90 Å². The number of aliphatic hydroxyl groups excluding tert-OH is 1. The molecule has 1 aliphatic rings. The second-order valence-electron chi connectivity index (χ2n) is 5.87. The first kappa shape index (κ1) is 17.7. The summed E-state index contributed by atoms with van der Waals surface area (Å²) in [7, 11) is -3.33. The van der Waals surface area contributed by atoms with Gasteiger partial charge < -0.3 is 14.7 Å². The van der Waals surface area contributed by atoms with Gasteiger partial charge in [0.2, 0.25) is 15.9 Å². The van der Waals surface area contributed by atoms with E-state index in [4.69, 9.17) is 4.74 Å². The first-order chi connectivity index (χ1) is 10.7. The van der Waals surface area contributed by atoms with Crippen molar-refractivity contribution in [1.29, 1.82) is 0 Å². The number of amides is 1. The third-order valence-corrected chi connectivity index (χ3v) is 4.27. The highest BCUT2D eigenvalue weighted by Gasteiger charge is 2.38. The lowest BCUT2D eigenvalue weighted by atomic mass is 9.98. The zero-order valence-corrected chi connectivity index (χ0v) is 14.2. The highest BCUT2D eigenvalue weighted by atomic mass is 32.2. The SMILES string of the molecule is CC(C)N1C(=O)COC(c2ccc(NS(C)(=O)=O)cc2)C1CO. The highest BCUT2D eigenvalue weighted by molar-refractivity contribution is 7.92. The van der Waals surface area contributed by atoms with Gasteiger partial charge in [0.25, 0.3) is 0 Å². The average Bonchev–Trinajstić information content (AvgIpc) is 2.45. The van der Waals surface area contributed by atoms with Gasteiger partial charge >= 0.3 is 0 Å². The van der Waals surface area contributed by atoms with Crippen LogP contribution in [0.15, 0.2) is 24.3 Å². The Morgan fingerprint density at radius 1 is 1.35 bits per heavy atom. The zero-order chi connectivity index (χ0) is 17.2. The third kappa shape index (κ3) is 4.21. The Balaban J connectivity index is 2.24. The average molecular weight is 342 g/mol. The molecule has 7 nitrogen and oxygen atoms in total. The van der Waals surface area contributed by atoms with Crippen LogP contribution in [-0.4, -0.2) is 55.9 Å². The van der Waals surface area contributed by atoms with Gasteiger partial charge in [-0.2, -0.15) is 0 Å². The largest absolute Gasteiger partial charge is 0.394 e. The van der Waals surface area contributed by atoms with Crippen molar-refractivity contribution in [2.45, 2.75) is 32.0 Å². The molecule has 23 heavy (non-hydrogen) atoms. The molecule has 0 radical (unpaired) electrons. The molecule has 8 heteroatoms. The summed E-state index contributed by atoms with van der Waals surface area (Å²) in [6.45, 7) is 3.53. The molecule has 128 valence electrons. The molecule has 1 aromatic rings. The maximum absolute atomic E-state index is 12.0. The van der Waals surface area contributed by atoms with Gasteiger partial charge in [-0.3, -0.25) is 9.52 Å². The van der Waals surface area contributed by atoms with Crippen LogP contribution in [0.4, 0.5) is 5.69 Å². The molecule has 0 bridgehead atoms. The molecule has 1 amide bonds. The lowest BCUT2D eigenvalue weighted by Crippen LogP contribution is -2.55. The number of sulfonamides is 1. The molecule has 1 heterocycles. The van der Waals surface area contributed by atoms with Crippen LogP contribution in [0.1, 0.15) is 25.5 Å². The van der Waals surface area contributed by atoms with E-state index in [0.717, 1.165) is 11.8 Å². The molecule has 2 atom stereocenters. The summed E-state index contributed by atoms with van der Waals surface area (Å²) in [6, 6.07) is 6.21. The van der Waals surface area contributed by atoms with Crippen LogP contribution in [0.3, 0.4) is 0 Å². The second-order valence-corrected chi connectivity index (χ2v) is 7.62. The van der Waals surface area contributed by atoms with Gasteiger partial charge in [0.1, 0.15) is 12.7 Å². The topological polar surface area (TPSA) is 95.9 Å². The third-order valence-electron chi connectivity index (χ3n) is 3.67. The van der Waals surface area contributed by atoms with Crippen LogP contribution >= 0.6 is 0 Å². The van der Waals surface area contributed by atoms with Crippen molar-refractivity contribution in [2.75, 3.05) is 24.2 Å². The van der Waals surface area contributed by atoms with Gasteiger partial charge in [-0.1, -0.05) is 12.1 Å². The number of nitrogens with one attached hydrogen (secondary N) is 1. The van der Waals surface area contributed by atoms with E-state index in [9.17, 15) is 18.3 Å². The summed E-state index contributed by atoms with van der Waals surface area (Å²) in [5.41, 5.74) is 1.23. The number of morpholine rings is 1. The van der Waals surface area contributed by atoms with Crippen LogP contribution in [0.2, 0.25) is 0 Å². The number of rotatable bonds is 5. The quantitative estimate of drug-likeness (QED) is 0.822. The van der Waals surface area contributed by atoms with Gasteiger partial charge in [0, 0.05) is 11.7 Å². The van der Waals surface area contributed by atoms with Gasteiger partial charge in [-0.25, -0.2) is 8.42 Å². The number of hydrogen-bond acceptors (Lipinski definition) is 5. The summed E-state index contributed by atoms with van der Waals surface area (Å²) in [5.74, 6) is -0.148. The Morgan fingerprint density at radius 2 is 1.96 bits per heavy atom. The maximum Gasteiger partial charge on any atom is 0.249 e. The van der Waals surface area contributed by atoms with Crippen molar-refractivity contribution in [3.8, 4) is 0 Å². The van der Waals surface area contributed by atoms with E-state index in [2.05, 4.69) is 4.72 Å². The van der Waals surface area contributed by atoms with E-state index in [0.29, 0.717) is 5.69 Å². The Morgan fingerprint density at radius 3 is 2.43 bits per heavy atom. The molecule has 0 aromatic heterocycles. The predicted molar refractivity (Wildman–Crippen MR) is 86.5 cm³/mol. The highest BCUT2D eigenvalue weighted by Crippen LogP contribution is 2.31. The van der Waals surface area contributed by atoms with Crippen molar-refractivity contribution in [2.24, 2.45) is 0 Å². The molecule has 0 spiro atoms. The summed E-state index contributed by atoms with van der Waals surface area (Å²) < 4.78 is 30.5. The van der Waals surface area contributed by atoms with Crippen molar-refractivity contribution in [3.63, 3.8) is 0 Å². The first-order valence-electron chi connectivity index (χ1n) is 7.34. The fourth-order valence-corrected chi connectivity index (χ4v) is 3.37. The molecule has 0 saturated carbocycles. The minimum atomic E-state index is -3.33. The van der Waals surface area contributed by atoms with Crippen LogP contribution in [0.5, 0.6) is 0 Å². The summed E-state index contributed by atoms with van der Waals surface area (Å²) >= 11 is 0. The smallest absolute Gasteiger partial charge is 0.249 e. The lowest BCUT2D eigenvalue weighted by Gasteiger charge is -2.42. The van der Waals surface area contributed by atoms with Crippen molar-refractivity contribution >= 4 is 21.6 Å². The number of aliphatic hydroxyl groups is 1. The Labute approximate surface area is 136 Å². The molecule has 2 rings (SSSR count). The minimum absolute atomic E-state index is 0.0390. The zero-order valence-electron chi connectivity index (χ0n) is 13.4. The minimum Gasteiger partial charge on any atom is -0.394 e. The monoisotopic (exact) mass is 342 g/mol. The standard InChI is InChI=1S/C15H22N2O5S/c1-10(2)17-13(8-18)15(22-9-14(17)19)11-4-6-12(7-5-11)16-23(3,20)21/h4-7,10,13,15-16,18H,8-9H2,1-3H3. The Bertz CT molecular complexity index is 657. The first-order valence-corrected chi connectivity index (χ1v) is 9.23. The fraction of sp³-hybridized carbons (Fsp3) is 0.533. The van der Waals surface area contributed by atoms with E-state index in [1.807, 2.05) is 13.8 Å². The van der Waals surface area contributed by atoms with Crippen LogP contribution < -0.4 is 4.72 Å². The normalized spacial score (nSPS) is 22.5. The molecule has 1 saturated heterocycles. The number of nitrogens with zero attached hydrogens (tertiary/aromatic N) is 1. The van der Waals surface area contributed by atoms with E-state index >= 15 is 0 Å². The Hall–Kier alpha value is -1.64. The number of carbonyl (C=O) groups is 1. The van der Waals surface area contributed by atoms with Gasteiger partial charge in [-0.15, -0.1) is 0 Å².